The maximum atomic E-state index is 14.3. The molecule has 33 heavy (non-hydrogen) atoms. The van der Waals surface area contributed by atoms with Crippen LogP contribution in [0.15, 0.2) is 42.9 Å². The van der Waals surface area contributed by atoms with E-state index in [1.165, 1.54) is 6.07 Å². The Bertz CT molecular complexity index is 1220. The van der Waals surface area contributed by atoms with Crippen molar-refractivity contribution in [3.05, 3.63) is 59.8 Å². The molecule has 8 heteroatoms. The third-order valence-corrected chi connectivity index (χ3v) is 5.37. The Morgan fingerprint density at radius 2 is 2.09 bits per heavy atom. The zero-order valence-corrected chi connectivity index (χ0v) is 18.8. The molecule has 4 N–H and O–H groups in total. The minimum Gasteiger partial charge on any atom is -0.485 e. The lowest BCUT2D eigenvalue weighted by atomic mass is 10.1. The third kappa shape index (κ3) is 5.89. The van der Waals surface area contributed by atoms with E-state index in [9.17, 15) is 9.50 Å². The van der Waals surface area contributed by atoms with Crippen LogP contribution in [-0.2, 0) is 6.61 Å². The lowest BCUT2D eigenvalue weighted by molar-refractivity contribution is 0.143. The smallest absolute Gasteiger partial charge is 0.166 e. The summed E-state index contributed by atoms with van der Waals surface area (Å²) in [6, 6.07) is 6.51. The monoisotopic (exact) mass is 450 g/mol. The Morgan fingerprint density at radius 1 is 1.30 bits per heavy atom. The number of nitrogen functional groups attached to an aromatic ring is 1. The van der Waals surface area contributed by atoms with E-state index in [4.69, 9.17) is 11.9 Å². The zero-order valence-electron chi connectivity index (χ0n) is 19.8. The Hall–Kier alpha value is -3.41. The van der Waals surface area contributed by atoms with Gasteiger partial charge in [-0.05, 0) is 64.0 Å². The molecular weight excluding hydrogens is 421 g/mol. The number of nitrogens with one attached hydrogen (secondary N) is 1. The summed E-state index contributed by atoms with van der Waals surface area (Å²) in [7, 11) is 0. The summed E-state index contributed by atoms with van der Waals surface area (Å²) in [5, 5.41) is 15.9. The highest BCUT2D eigenvalue weighted by Crippen LogP contribution is 2.29. The molecule has 0 atom stereocenters. The first-order valence-corrected chi connectivity index (χ1v) is 10.9. The summed E-state index contributed by atoms with van der Waals surface area (Å²) in [5.41, 5.74) is 7.43. The van der Waals surface area contributed by atoms with E-state index >= 15 is 0 Å². The summed E-state index contributed by atoms with van der Waals surface area (Å²) in [6.07, 6.45) is 7.15. The number of hydrogen-bond donors (Lipinski definition) is 3. The molecule has 1 saturated heterocycles. The van der Waals surface area contributed by atoms with Crippen molar-refractivity contribution in [2.45, 2.75) is 44.9 Å². The minimum absolute atomic E-state index is 0.0514. The number of anilines is 1. The van der Waals surface area contributed by atoms with Gasteiger partial charge in [-0.25, -0.2) is 9.37 Å². The molecular formula is C25H28FN5O2. The second kappa shape index (κ2) is 9.61. The molecule has 1 aliphatic rings. The lowest BCUT2D eigenvalue weighted by Crippen LogP contribution is -2.29. The predicted octanol–water partition coefficient (Wildman–Crippen LogP) is 3.29. The van der Waals surface area contributed by atoms with Crippen molar-refractivity contribution >= 4 is 5.82 Å². The van der Waals surface area contributed by atoms with Crippen LogP contribution in [0.3, 0.4) is 0 Å². The maximum absolute atomic E-state index is 14.3. The molecule has 3 heterocycles. The molecule has 0 bridgehead atoms. The van der Waals surface area contributed by atoms with Gasteiger partial charge in [-0.1, -0.05) is 11.8 Å². The number of rotatable bonds is 5. The topological polar surface area (TPSA) is 98.2 Å². The van der Waals surface area contributed by atoms with Crippen LogP contribution in [0, 0.1) is 17.7 Å². The molecule has 1 aromatic carbocycles. The summed E-state index contributed by atoms with van der Waals surface area (Å²) in [4.78, 5) is 4.24. The van der Waals surface area contributed by atoms with Crippen LogP contribution >= 0.6 is 0 Å². The molecule has 0 aliphatic carbocycles. The van der Waals surface area contributed by atoms with E-state index in [2.05, 4.69) is 21.9 Å². The van der Waals surface area contributed by atoms with E-state index in [0.717, 1.165) is 37.1 Å². The largest absolute Gasteiger partial charge is 0.485 e. The van der Waals surface area contributed by atoms with Crippen LogP contribution in [0.5, 0.6) is 5.75 Å². The van der Waals surface area contributed by atoms with Gasteiger partial charge in [-0.15, -0.1) is 0 Å². The second-order valence-electron chi connectivity index (χ2n) is 8.62. The zero-order chi connectivity index (χ0) is 24.3. The fourth-order valence-corrected chi connectivity index (χ4v) is 3.56. The van der Waals surface area contributed by atoms with Crippen molar-refractivity contribution < 1.29 is 15.6 Å². The molecule has 3 aromatic rings. The molecule has 7 nitrogen and oxygen atoms in total. The van der Waals surface area contributed by atoms with Gasteiger partial charge >= 0.3 is 0 Å². The first-order valence-electron chi connectivity index (χ1n) is 11.3. The number of nitrogens with zero attached hydrogens (tertiary/aromatic N) is 3. The number of aromatic nitrogens is 3. The third-order valence-electron chi connectivity index (χ3n) is 5.37. The number of piperidine rings is 1. The minimum atomic E-state index is -1.14. The van der Waals surface area contributed by atoms with Gasteiger partial charge in [0.25, 0.3) is 0 Å². The maximum Gasteiger partial charge on any atom is 0.166 e. The van der Waals surface area contributed by atoms with E-state index < -0.39 is 11.4 Å². The molecule has 4 rings (SSSR count). The van der Waals surface area contributed by atoms with Crippen LogP contribution < -0.4 is 15.8 Å². The summed E-state index contributed by atoms with van der Waals surface area (Å²) in [5.74, 6) is 5.69. The number of pyridine rings is 1. The van der Waals surface area contributed by atoms with Crippen molar-refractivity contribution in [2.24, 2.45) is 0 Å². The Balaban J connectivity index is 1.49. The number of ether oxygens (including phenoxy) is 1. The second-order valence-corrected chi connectivity index (χ2v) is 8.62. The van der Waals surface area contributed by atoms with Gasteiger partial charge in [0, 0.05) is 34.6 Å². The number of halogens is 1. The van der Waals surface area contributed by atoms with Gasteiger partial charge < -0.3 is 20.9 Å². The highest BCUT2D eigenvalue weighted by atomic mass is 19.1. The molecule has 0 radical (unpaired) electrons. The molecule has 1 fully saturated rings. The van der Waals surface area contributed by atoms with Gasteiger partial charge in [0.05, 0.1) is 12.2 Å². The van der Waals surface area contributed by atoms with Gasteiger partial charge in [-0.3, -0.25) is 4.68 Å². The van der Waals surface area contributed by atoms with Crippen LogP contribution in [0.25, 0.3) is 11.1 Å². The van der Waals surface area contributed by atoms with Gasteiger partial charge in [0.15, 0.2) is 11.6 Å². The number of benzene rings is 1. The summed E-state index contributed by atoms with van der Waals surface area (Å²) in [6.45, 7) is 4.56. The first-order chi connectivity index (χ1) is 16.2. The SMILES string of the molecule is [2H]N1CCC(n2cc(-c3cnc(N)c(OCc4cc(C#CC(C)(C)O)ccc4F)c3)cn2)CC1. The Labute approximate surface area is 194 Å². The summed E-state index contributed by atoms with van der Waals surface area (Å²) < 4.78 is 29.8. The van der Waals surface area contributed by atoms with Crippen LogP contribution in [0.1, 0.15) is 43.9 Å². The average Bonchev–Trinajstić information content (AvgIpc) is 3.29. The van der Waals surface area contributed by atoms with Gasteiger partial charge in [0.1, 0.15) is 19.4 Å². The number of aliphatic hydroxyl groups is 1. The van der Waals surface area contributed by atoms with Crippen molar-refractivity contribution in [1.82, 2.24) is 20.1 Å². The standard InChI is InChI=1S/C25H28FN5O2/c1-25(2,32)8-5-17-3-4-22(26)19(11-17)16-33-23-12-18(13-29-24(23)27)20-14-30-31(15-20)21-6-9-28-10-7-21/h3-4,11-15,21,28,32H,6-7,9-10,16H2,1-2H3,(H2,27,29)/i/hD. The normalized spacial score (nSPS) is 15.6. The Kier molecular flexibility index (Phi) is 6.24. The fraction of sp³-hybridized carbons (Fsp3) is 0.360. The van der Waals surface area contributed by atoms with Crippen molar-refractivity contribution in [1.29, 1.82) is 0 Å². The predicted molar refractivity (Wildman–Crippen MR) is 125 cm³/mol. The quantitative estimate of drug-likeness (QED) is 0.516. The molecule has 0 amide bonds. The average molecular weight is 451 g/mol. The molecule has 0 spiro atoms. The van der Waals surface area contributed by atoms with E-state index in [0.29, 0.717) is 16.9 Å². The molecule has 1 aliphatic heterocycles. The highest BCUT2D eigenvalue weighted by Gasteiger charge is 2.17. The first kappa shape index (κ1) is 21.4. The lowest BCUT2D eigenvalue weighted by Gasteiger charge is -2.22. The Morgan fingerprint density at radius 3 is 2.85 bits per heavy atom. The molecule has 0 saturated carbocycles. The summed E-state index contributed by atoms with van der Waals surface area (Å²) >= 11 is 0. The van der Waals surface area contributed by atoms with Crippen LogP contribution in [-0.4, -0.2) is 38.6 Å². The number of nitrogens with two attached hydrogens (primary N) is 1. The highest BCUT2D eigenvalue weighted by molar-refractivity contribution is 5.65. The fourth-order valence-electron chi connectivity index (χ4n) is 3.56. The number of hydrogen-bond acceptors (Lipinski definition) is 6. The van der Waals surface area contributed by atoms with Gasteiger partial charge in [-0.2, -0.15) is 5.10 Å². The van der Waals surface area contributed by atoms with Crippen molar-refractivity contribution in [3.8, 4) is 28.7 Å². The molecule has 172 valence electrons. The van der Waals surface area contributed by atoms with Crippen molar-refractivity contribution in [2.75, 3.05) is 18.8 Å². The van der Waals surface area contributed by atoms with E-state index in [1.807, 2.05) is 10.9 Å². The van der Waals surface area contributed by atoms with Crippen LogP contribution in [0.2, 0.25) is 1.41 Å². The van der Waals surface area contributed by atoms with E-state index in [-0.39, 0.29) is 18.5 Å². The van der Waals surface area contributed by atoms with Gasteiger partial charge in [0.2, 0.25) is 0 Å². The van der Waals surface area contributed by atoms with Crippen molar-refractivity contribution in [3.63, 3.8) is 0 Å². The van der Waals surface area contributed by atoms with E-state index in [1.54, 1.807) is 49.8 Å². The van der Waals surface area contributed by atoms with Crippen LogP contribution in [0.4, 0.5) is 10.2 Å². The molecule has 2 aromatic heterocycles. The molecule has 0 unspecified atom stereocenters.